The van der Waals surface area contributed by atoms with Gasteiger partial charge in [-0.3, -0.25) is 4.98 Å². The predicted octanol–water partition coefficient (Wildman–Crippen LogP) is 8.29. The molecule has 0 fully saturated rings. The number of hydrogen-bond donors (Lipinski definition) is 0. The molecule has 152 valence electrons. The van der Waals surface area contributed by atoms with E-state index in [1.807, 2.05) is 72.8 Å². The van der Waals surface area contributed by atoms with Crippen LogP contribution in [-0.4, -0.2) is 4.98 Å². The highest BCUT2D eigenvalue weighted by atomic mass is 16.3. The van der Waals surface area contributed by atoms with Crippen molar-refractivity contribution in [3.63, 3.8) is 0 Å². The SMILES string of the molecule is [2H]C([2H])([2H])c1cnc(-c2cccc3c2oc2cc(-c4ccccc4)ccc23)cc1-c1ccccc1. The molecule has 2 heterocycles. The molecule has 0 aliphatic heterocycles. The zero-order valence-corrected chi connectivity index (χ0v) is 17.2. The number of furan rings is 1. The van der Waals surface area contributed by atoms with Crippen LogP contribution < -0.4 is 0 Å². The van der Waals surface area contributed by atoms with E-state index in [0.717, 1.165) is 44.2 Å². The Morgan fingerprint density at radius 1 is 0.656 bits per heavy atom. The zero-order valence-electron chi connectivity index (χ0n) is 20.2. The second kappa shape index (κ2) is 7.51. The number of fused-ring (bicyclic) bond motifs is 3. The summed E-state index contributed by atoms with van der Waals surface area (Å²) in [6.45, 7) is -2.27. The molecule has 0 saturated heterocycles. The number of aryl methyl sites for hydroxylation is 1. The van der Waals surface area contributed by atoms with Gasteiger partial charge >= 0.3 is 0 Å². The van der Waals surface area contributed by atoms with Gasteiger partial charge in [0.25, 0.3) is 0 Å². The van der Waals surface area contributed by atoms with Gasteiger partial charge in [-0.15, -0.1) is 0 Å². The molecule has 0 bridgehead atoms. The molecule has 0 radical (unpaired) electrons. The average molecular weight is 415 g/mol. The molecular formula is C30H21NO. The summed E-state index contributed by atoms with van der Waals surface area (Å²) in [5, 5.41) is 2.03. The van der Waals surface area contributed by atoms with Crippen LogP contribution in [0.5, 0.6) is 0 Å². The van der Waals surface area contributed by atoms with Crippen LogP contribution >= 0.6 is 0 Å². The Morgan fingerprint density at radius 3 is 2.22 bits per heavy atom. The summed E-state index contributed by atoms with van der Waals surface area (Å²) in [7, 11) is 0. The largest absolute Gasteiger partial charge is 0.455 e. The minimum absolute atomic E-state index is 0.233. The smallest absolute Gasteiger partial charge is 0.144 e. The van der Waals surface area contributed by atoms with Gasteiger partial charge in [0.05, 0.1) is 5.69 Å². The van der Waals surface area contributed by atoms with Crippen molar-refractivity contribution in [2.24, 2.45) is 0 Å². The minimum atomic E-state index is -2.27. The number of para-hydroxylation sites is 1. The number of rotatable bonds is 3. The molecule has 0 atom stereocenters. The van der Waals surface area contributed by atoms with E-state index in [1.54, 1.807) is 0 Å². The van der Waals surface area contributed by atoms with E-state index in [0.29, 0.717) is 11.3 Å². The van der Waals surface area contributed by atoms with E-state index < -0.39 is 6.85 Å². The van der Waals surface area contributed by atoms with Crippen LogP contribution in [0.4, 0.5) is 0 Å². The van der Waals surface area contributed by atoms with Crippen LogP contribution in [-0.2, 0) is 0 Å². The molecule has 4 aromatic carbocycles. The Labute approximate surface area is 191 Å². The number of aromatic nitrogens is 1. The third-order valence-electron chi connectivity index (χ3n) is 5.87. The summed E-state index contributed by atoms with van der Waals surface area (Å²) in [5.74, 6) is 0. The molecule has 0 amide bonds. The average Bonchev–Trinajstić information content (AvgIpc) is 3.27. The molecule has 2 heteroatoms. The normalized spacial score (nSPS) is 13.1. The first-order valence-electron chi connectivity index (χ1n) is 12.1. The van der Waals surface area contributed by atoms with Gasteiger partial charge in [0.15, 0.2) is 0 Å². The van der Waals surface area contributed by atoms with Gasteiger partial charge in [0, 0.05) is 26.6 Å². The van der Waals surface area contributed by atoms with Crippen molar-refractivity contribution >= 4 is 21.9 Å². The Hall–Kier alpha value is -4.17. The Morgan fingerprint density at radius 2 is 1.44 bits per heavy atom. The topological polar surface area (TPSA) is 26.0 Å². The van der Waals surface area contributed by atoms with E-state index in [-0.39, 0.29) is 5.56 Å². The third-order valence-corrected chi connectivity index (χ3v) is 5.87. The van der Waals surface area contributed by atoms with Crippen LogP contribution in [0, 0.1) is 6.85 Å². The second-order valence-corrected chi connectivity index (χ2v) is 7.84. The molecule has 6 rings (SSSR count). The van der Waals surface area contributed by atoms with Gasteiger partial charge in [0.1, 0.15) is 11.2 Å². The minimum Gasteiger partial charge on any atom is -0.455 e. The molecule has 0 unspecified atom stereocenters. The van der Waals surface area contributed by atoms with Crippen molar-refractivity contribution in [2.75, 3.05) is 0 Å². The standard InChI is InChI=1S/C30H21NO/c1-20-19-31-28(18-27(20)22-11-6-3-7-12-22)26-14-8-13-25-24-16-15-23(17-29(24)32-30(25)26)21-9-4-2-5-10-21/h2-19H,1H3/i1D3. The lowest BCUT2D eigenvalue weighted by Gasteiger charge is -2.09. The van der Waals surface area contributed by atoms with Gasteiger partial charge in [-0.25, -0.2) is 0 Å². The van der Waals surface area contributed by atoms with E-state index in [1.165, 1.54) is 6.20 Å². The van der Waals surface area contributed by atoms with Crippen LogP contribution in [0.15, 0.2) is 114 Å². The maximum absolute atomic E-state index is 8.01. The first-order valence-corrected chi connectivity index (χ1v) is 10.6. The van der Waals surface area contributed by atoms with Crippen molar-refractivity contribution in [1.29, 1.82) is 0 Å². The van der Waals surface area contributed by atoms with Crippen molar-refractivity contribution in [2.45, 2.75) is 6.85 Å². The molecular weight excluding hydrogens is 390 g/mol. The van der Waals surface area contributed by atoms with Crippen molar-refractivity contribution in [3.05, 3.63) is 115 Å². The highest BCUT2D eigenvalue weighted by Crippen LogP contribution is 2.38. The first kappa shape index (κ1) is 15.6. The van der Waals surface area contributed by atoms with E-state index in [9.17, 15) is 0 Å². The molecule has 0 aliphatic carbocycles. The van der Waals surface area contributed by atoms with E-state index in [4.69, 9.17) is 8.53 Å². The van der Waals surface area contributed by atoms with Crippen molar-refractivity contribution < 1.29 is 8.53 Å². The lowest BCUT2D eigenvalue weighted by molar-refractivity contribution is 0.670. The maximum atomic E-state index is 8.01. The summed E-state index contributed by atoms with van der Waals surface area (Å²) in [6.07, 6.45) is 1.47. The highest BCUT2D eigenvalue weighted by molar-refractivity contribution is 6.10. The Kier molecular flexibility index (Phi) is 3.66. The van der Waals surface area contributed by atoms with Gasteiger partial charge in [0.2, 0.25) is 0 Å². The number of nitrogens with zero attached hydrogens (tertiary/aromatic N) is 1. The fraction of sp³-hybridized carbons (Fsp3) is 0.0333. The van der Waals surface area contributed by atoms with E-state index in [2.05, 4.69) is 35.3 Å². The Balaban J connectivity index is 1.54. The fourth-order valence-corrected chi connectivity index (χ4v) is 4.27. The predicted molar refractivity (Wildman–Crippen MR) is 133 cm³/mol. The summed E-state index contributed by atoms with van der Waals surface area (Å²) in [5.41, 5.74) is 6.98. The van der Waals surface area contributed by atoms with Crippen LogP contribution in [0.2, 0.25) is 0 Å². The summed E-state index contributed by atoms with van der Waals surface area (Å²) < 4.78 is 30.4. The van der Waals surface area contributed by atoms with Gasteiger partial charge in [-0.05, 0) is 58.9 Å². The molecule has 0 spiro atoms. The number of pyridine rings is 1. The molecule has 2 nitrogen and oxygen atoms in total. The maximum Gasteiger partial charge on any atom is 0.144 e. The summed E-state index contributed by atoms with van der Waals surface area (Å²) in [4.78, 5) is 4.57. The third kappa shape index (κ3) is 3.09. The van der Waals surface area contributed by atoms with E-state index >= 15 is 0 Å². The summed E-state index contributed by atoms with van der Waals surface area (Å²) in [6, 6.07) is 33.9. The lowest BCUT2D eigenvalue weighted by Crippen LogP contribution is -1.90. The summed E-state index contributed by atoms with van der Waals surface area (Å²) >= 11 is 0. The van der Waals surface area contributed by atoms with Crippen LogP contribution in [0.1, 0.15) is 9.68 Å². The van der Waals surface area contributed by atoms with Crippen LogP contribution in [0.3, 0.4) is 0 Å². The molecule has 32 heavy (non-hydrogen) atoms. The zero-order chi connectivity index (χ0) is 24.0. The number of benzene rings is 4. The van der Waals surface area contributed by atoms with Gasteiger partial charge < -0.3 is 4.42 Å². The van der Waals surface area contributed by atoms with Gasteiger partial charge in [-0.2, -0.15) is 0 Å². The molecule has 0 saturated carbocycles. The Bertz CT molecular complexity index is 1670. The van der Waals surface area contributed by atoms with Gasteiger partial charge in [-0.1, -0.05) is 78.9 Å². The fourth-order valence-electron chi connectivity index (χ4n) is 4.27. The molecule has 0 aliphatic rings. The van der Waals surface area contributed by atoms with Crippen molar-refractivity contribution in [3.8, 4) is 33.5 Å². The highest BCUT2D eigenvalue weighted by Gasteiger charge is 2.15. The monoisotopic (exact) mass is 414 g/mol. The lowest BCUT2D eigenvalue weighted by atomic mass is 9.98. The van der Waals surface area contributed by atoms with Crippen molar-refractivity contribution in [1.82, 2.24) is 4.98 Å². The molecule has 0 N–H and O–H groups in total. The second-order valence-electron chi connectivity index (χ2n) is 7.84. The number of hydrogen-bond acceptors (Lipinski definition) is 2. The molecule has 6 aromatic rings. The van der Waals surface area contributed by atoms with Crippen LogP contribution in [0.25, 0.3) is 55.4 Å². The first-order chi connectivity index (χ1) is 17.0. The molecule has 2 aromatic heterocycles. The quantitative estimate of drug-likeness (QED) is 0.291.